The molecule has 1 fully saturated rings. The minimum absolute atomic E-state index is 0.178. The fourth-order valence-electron chi connectivity index (χ4n) is 2.41. The minimum atomic E-state index is -0.178. The maximum atomic E-state index is 12.6. The molecule has 0 radical (unpaired) electrons. The highest BCUT2D eigenvalue weighted by Crippen LogP contribution is 2.22. The predicted molar refractivity (Wildman–Crippen MR) is 98.7 cm³/mol. The number of carbonyl (C=O) groups is 1. The smallest absolute Gasteiger partial charge is 0.276 e. The molecule has 0 atom stereocenters. The van der Waals surface area contributed by atoms with Gasteiger partial charge in [0, 0.05) is 5.02 Å². The van der Waals surface area contributed by atoms with Gasteiger partial charge in [0.15, 0.2) is 5.11 Å². The Morgan fingerprint density at radius 3 is 2.79 bits per heavy atom. The van der Waals surface area contributed by atoms with Crippen LogP contribution < -0.4 is 10.1 Å². The molecule has 1 amide bonds. The maximum absolute atomic E-state index is 12.6. The van der Waals surface area contributed by atoms with Crippen LogP contribution in [0.2, 0.25) is 5.02 Å². The van der Waals surface area contributed by atoms with Gasteiger partial charge in [-0.15, -0.1) is 0 Å². The lowest BCUT2D eigenvalue weighted by molar-refractivity contribution is -0.122. The lowest BCUT2D eigenvalue weighted by Gasteiger charge is -2.14. The number of hydrogen-bond donors (Lipinski definition) is 1. The molecule has 1 aliphatic rings. The summed E-state index contributed by atoms with van der Waals surface area (Å²) in [4.78, 5) is 14.1. The van der Waals surface area contributed by atoms with Crippen molar-refractivity contribution in [3.8, 4) is 5.75 Å². The van der Waals surface area contributed by atoms with E-state index in [1.54, 1.807) is 19.3 Å². The Morgan fingerprint density at radius 1 is 1.25 bits per heavy atom. The molecule has 0 aromatic heterocycles. The van der Waals surface area contributed by atoms with Crippen LogP contribution in [0.15, 0.2) is 54.2 Å². The third-order valence-corrected chi connectivity index (χ3v) is 4.34. The van der Waals surface area contributed by atoms with Crippen molar-refractivity contribution in [2.24, 2.45) is 0 Å². The van der Waals surface area contributed by atoms with Gasteiger partial charge < -0.3 is 10.1 Å². The molecular formula is C18H15ClN2O2S. The largest absolute Gasteiger partial charge is 0.497 e. The number of ether oxygens (including phenoxy) is 1. The van der Waals surface area contributed by atoms with Crippen LogP contribution in [0, 0.1) is 0 Å². The number of carbonyl (C=O) groups excluding carboxylic acids is 1. The highest BCUT2D eigenvalue weighted by molar-refractivity contribution is 7.80. The molecule has 0 bridgehead atoms. The molecule has 1 heterocycles. The molecule has 6 heteroatoms. The highest BCUT2D eigenvalue weighted by Gasteiger charge is 2.30. The van der Waals surface area contributed by atoms with E-state index in [9.17, 15) is 4.79 Å². The number of halogens is 1. The molecule has 0 saturated carbocycles. The Bertz CT molecular complexity index is 835. The van der Waals surface area contributed by atoms with E-state index >= 15 is 0 Å². The summed E-state index contributed by atoms with van der Waals surface area (Å²) in [6.45, 7) is 0.333. The number of methoxy groups -OCH3 is 1. The van der Waals surface area contributed by atoms with Gasteiger partial charge in [0.05, 0.1) is 13.7 Å². The number of rotatable bonds is 4. The third kappa shape index (κ3) is 3.42. The summed E-state index contributed by atoms with van der Waals surface area (Å²) in [6, 6.07) is 14.9. The van der Waals surface area contributed by atoms with Crippen LogP contribution in [-0.4, -0.2) is 23.0 Å². The van der Waals surface area contributed by atoms with Gasteiger partial charge in [0.25, 0.3) is 5.91 Å². The Balaban J connectivity index is 1.83. The zero-order valence-corrected chi connectivity index (χ0v) is 14.5. The van der Waals surface area contributed by atoms with Crippen molar-refractivity contribution in [2.45, 2.75) is 6.54 Å². The zero-order valence-electron chi connectivity index (χ0n) is 13.0. The summed E-state index contributed by atoms with van der Waals surface area (Å²) >= 11 is 11.5. The molecular weight excluding hydrogens is 344 g/mol. The van der Waals surface area contributed by atoms with Gasteiger partial charge in [-0.05, 0) is 47.6 Å². The number of nitrogens with one attached hydrogen (secondary N) is 1. The first-order valence-electron chi connectivity index (χ1n) is 7.30. The van der Waals surface area contributed by atoms with E-state index in [2.05, 4.69) is 5.32 Å². The quantitative estimate of drug-likeness (QED) is 0.669. The van der Waals surface area contributed by atoms with Gasteiger partial charge >= 0.3 is 0 Å². The van der Waals surface area contributed by atoms with Crippen LogP contribution in [-0.2, 0) is 11.3 Å². The first-order chi connectivity index (χ1) is 11.6. The molecule has 0 unspecified atom stereocenters. The fourth-order valence-corrected chi connectivity index (χ4v) is 2.86. The summed E-state index contributed by atoms with van der Waals surface area (Å²) in [5, 5.41) is 3.94. The van der Waals surface area contributed by atoms with Crippen LogP contribution in [0.1, 0.15) is 11.1 Å². The lowest BCUT2D eigenvalue weighted by Crippen LogP contribution is -2.30. The van der Waals surface area contributed by atoms with Gasteiger partial charge in [0.1, 0.15) is 11.4 Å². The van der Waals surface area contributed by atoms with Crippen LogP contribution in [0.4, 0.5) is 0 Å². The number of hydrogen-bond acceptors (Lipinski definition) is 3. The van der Waals surface area contributed by atoms with E-state index in [0.29, 0.717) is 22.4 Å². The molecule has 1 aliphatic heterocycles. The number of amides is 1. The van der Waals surface area contributed by atoms with Gasteiger partial charge in [-0.2, -0.15) is 0 Å². The van der Waals surface area contributed by atoms with Crippen molar-refractivity contribution >= 4 is 40.9 Å². The standard InChI is InChI=1S/C18H15ClN2O2S/c1-23-14-7-4-5-12(9-14)10-16-17(22)21(18(24)20-16)11-13-6-2-3-8-15(13)19/h2-10H,11H2,1H3,(H,20,24)/b16-10-. The molecule has 1 N–H and O–H groups in total. The first kappa shape index (κ1) is 16.5. The van der Waals surface area contributed by atoms with E-state index in [-0.39, 0.29) is 5.91 Å². The number of nitrogens with zero attached hydrogens (tertiary/aromatic N) is 1. The van der Waals surface area contributed by atoms with Crippen molar-refractivity contribution in [3.63, 3.8) is 0 Å². The van der Waals surface area contributed by atoms with E-state index in [1.165, 1.54) is 4.90 Å². The summed E-state index contributed by atoms with van der Waals surface area (Å²) in [7, 11) is 1.60. The zero-order chi connectivity index (χ0) is 17.1. The first-order valence-corrected chi connectivity index (χ1v) is 8.09. The lowest BCUT2D eigenvalue weighted by atomic mass is 10.1. The normalized spacial score (nSPS) is 15.8. The average Bonchev–Trinajstić information content (AvgIpc) is 2.84. The molecule has 4 nitrogen and oxygen atoms in total. The minimum Gasteiger partial charge on any atom is -0.497 e. The van der Waals surface area contributed by atoms with Crippen molar-refractivity contribution in [1.29, 1.82) is 0 Å². The van der Waals surface area contributed by atoms with Crippen molar-refractivity contribution in [2.75, 3.05) is 7.11 Å². The van der Waals surface area contributed by atoms with E-state index in [1.807, 2.05) is 42.5 Å². The van der Waals surface area contributed by atoms with E-state index in [4.69, 9.17) is 28.6 Å². The van der Waals surface area contributed by atoms with Crippen molar-refractivity contribution < 1.29 is 9.53 Å². The highest BCUT2D eigenvalue weighted by atomic mass is 35.5. The third-order valence-electron chi connectivity index (χ3n) is 3.65. The maximum Gasteiger partial charge on any atom is 0.276 e. The van der Waals surface area contributed by atoms with Crippen LogP contribution in [0.25, 0.3) is 6.08 Å². The van der Waals surface area contributed by atoms with Gasteiger partial charge in [-0.1, -0.05) is 41.9 Å². The van der Waals surface area contributed by atoms with Crippen molar-refractivity contribution in [3.05, 3.63) is 70.4 Å². The second kappa shape index (κ2) is 7.03. The predicted octanol–water partition coefficient (Wildman–Crippen LogP) is 3.61. The molecule has 0 spiro atoms. The Hall–Kier alpha value is -2.37. The molecule has 3 rings (SSSR count). The number of benzene rings is 2. The molecule has 2 aromatic carbocycles. The molecule has 0 aliphatic carbocycles. The average molecular weight is 359 g/mol. The summed E-state index contributed by atoms with van der Waals surface area (Å²) in [5.41, 5.74) is 2.13. The van der Waals surface area contributed by atoms with Crippen molar-refractivity contribution in [1.82, 2.24) is 10.2 Å². The fraction of sp³-hybridized carbons (Fsp3) is 0.111. The molecule has 122 valence electrons. The summed E-state index contributed by atoms with van der Waals surface area (Å²) < 4.78 is 5.20. The Morgan fingerprint density at radius 2 is 2.04 bits per heavy atom. The molecule has 2 aromatic rings. The summed E-state index contributed by atoms with van der Waals surface area (Å²) in [6.07, 6.45) is 1.75. The van der Waals surface area contributed by atoms with Gasteiger partial charge in [0.2, 0.25) is 0 Å². The van der Waals surface area contributed by atoms with Crippen LogP contribution in [0.3, 0.4) is 0 Å². The topological polar surface area (TPSA) is 41.6 Å². The SMILES string of the molecule is COc1cccc(/C=C2\NC(=S)N(Cc3ccccc3Cl)C2=O)c1. The second-order valence-electron chi connectivity index (χ2n) is 5.25. The van der Waals surface area contributed by atoms with E-state index < -0.39 is 0 Å². The molecule has 1 saturated heterocycles. The van der Waals surface area contributed by atoms with Crippen LogP contribution >= 0.6 is 23.8 Å². The van der Waals surface area contributed by atoms with Gasteiger partial charge in [-0.3, -0.25) is 9.69 Å². The molecule has 24 heavy (non-hydrogen) atoms. The second-order valence-corrected chi connectivity index (χ2v) is 6.04. The summed E-state index contributed by atoms with van der Waals surface area (Å²) in [5.74, 6) is 0.549. The van der Waals surface area contributed by atoms with E-state index in [0.717, 1.165) is 16.9 Å². The monoisotopic (exact) mass is 358 g/mol. The van der Waals surface area contributed by atoms with Gasteiger partial charge in [-0.25, -0.2) is 0 Å². The number of thiocarbonyl (C=S) groups is 1. The van der Waals surface area contributed by atoms with Crippen LogP contribution in [0.5, 0.6) is 5.75 Å². The Labute approximate surface area is 150 Å². The Kier molecular flexibility index (Phi) is 4.83.